The molecular weight excluding hydrogens is 252 g/mol. The summed E-state index contributed by atoms with van der Waals surface area (Å²) in [6.45, 7) is 3.27. The number of nitrogen functional groups attached to an aromatic ring is 1. The van der Waals surface area contributed by atoms with Crippen molar-refractivity contribution >= 4 is 17.3 Å². The summed E-state index contributed by atoms with van der Waals surface area (Å²) < 4.78 is 4.73. The van der Waals surface area contributed by atoms with Crippen LogP contribution in [0.4, 0.5) is 11.4 Å². The van der Waals surface area contributed by atoms with E-state index < -0.39 is 0 Å². The Balaban J connectivity index is 2.24. The first-order valence-corrected chi connectivity index (χ1v) is 7.41. The van der Waals surface area contributed by atoms with Gasteiger partial charge in [0, 0.05) is 12.6 Å². The van der Waals surface area contributed by atoms with Gasteiger partial charge in [-0.25, -0.2) is 4.79 Å². The lowest BCUT2D eigenvalue weighted by molar-refractivity contribution is 0.0601. The van der Waals surface area contributed by atoms with Crippen molar-refractivity contribution in [1.29, 1.82) is 0 Å². The molecule has 0 amide bonds. The predicted octanol–water partition coefficient (Wildman–Crippen LogP) is 3.21. The third-order valence-electron chi connectivity index (χ3n) is 4.01. The molecule has 1 heterocycles. The monoisotopic (exact) mass is 276 g/mol. The normalized spacial score (nSPS) is 18.9. The average molecular weight is 276 g/mol. The lowest BCUT2D eigenvalue weighted by Crippen LogP contribution is -2.39. The Bertz CT molecular complexity index is 472. The Hall–Kier alpha value is -1.71. The number of rotatable bonds is 4. The van der Waals surface area contributed by atoms with Crippen molar-refractivity contribution in [2.75, 3.05) is 24.3 Å². The largest absolute Gasteiger partial charge is 0.465 e. The summed E-state index contributed by atoms with van der Waals surface area (Å²) in [7, 11) is 1.38. The number of hydrogen-bond donors (Lipinski definition) is 1. The number of esters is 1. The summed E-state index contributed by atoms with van der Waals surface area (Å²) in [4.78, 5) is 13.9. The fraction of sp³-hybridized carbons (Fsp3) is 0.562. The molecule has 0 spiro atoms. The fourth-order valence-electron chi connectivity index (χ4n) is 3.01. The summed E-state index contributed by atoms with van der Waals surface area (Å²) in [5.74, 6) is -0.341. The van der Waals surface area contributed by atoms with Crippen molar-refractivity contribution in [3.8, 4) is 0 Å². The van der Waals surface area contributed by atoms with E-state index in [1.807, 2.05) is 6.07 Å². The zero-order valence-electron chi connectivity index (χ0n) is 12.4. The highest BCUT2D eigenvalue weighted by Crippen LogP contribution is 2.32. The van der Waals surface area contributed by atoms with Gasteiger partial charge < -0.3 is 15.4 Å². The first-order chi connectivity index (χ1) is 9.67. The molecule has 4 heteroatoms. The van der Waals surface area contributed by atoms with Gasteiger partial charge >= 0.3 is 5.97 Å². The highest BCUT2D eigenvalue weighted by molar-refractivity contribution is 5.92. The van der Waals surface area contributed by atoms with E-state index in [9.17, 15) is 4.79 Å². The molecule has 20 heavy (non-hydrogen) atoms. The number of hydrogen-bond acceptors (Lipinski definition) is 4. The second kappa shape index (κ2) is 6.64. The van der Waals surface area contributed by atoms with Crippen LogP contribution < -0.4 is 10.6 Å². The molecule has 1 aliphatic rings. The SMILES string of the molecule is CCCC1CCCCN1c1ccc(C(=O)OC)cc1N. The molecule has 0 aliphatic carbocycles. The maximum Gasteiger partial charge on any atom is 0.337 e. The van der Waals surface area contributed by atoms with Crippen molar-refractivity contribution in [3.63, 3.8) is 0 Å². The molecule has 0 aromatic heterocycles. The van der Waals surface area contributed by atoms with Gasteiger partial charge in [0.2, 0.25) is 0 Å². The molecule has 1 fully saturated rings. The lowest BCUT2D eigenvalue weighted by Gasteiger charge is -2.38. The van der Waals surface area contributed by atoms with Crippen molar-refractivity contribution in [3.05, 3.63) is 23.8 Å². The van der Waals surface area contributed by atoms with Gasteiger partial charge in [0.05, 0.1) is 24.0 Å². The van der Waals surface area contributed by atoms with Gasteiger partial charge in [-0.3, -0.25) is 0 Å². The van der Waals surface area contributed by atoms with Crippen molar-refractivity contribution in [1.82, 2.24) is 0 Å². The zero-order valence-corrected chi connectivity index (χ0v) is 12.4. The molecule has 2 rings (SSSR count). The second-order valence-electron chi connectivity index (χ2n) is 5.40. The van der Waals surface area contributed by atoms with E-state index >= 15 is 0 Å². The zero-order chi connectivity index (χ0) is 14.5. The maximum absolute atomic E-state index is 11.5. The molecule has 4 nitrogen and oxygen atoms in total. The van der Waals surface area contributed by atoms with Crippen LogP contribution in [0.3, 0.4) is 0 Å². The summed E-state index contributed by atoms with van der Waals surface area (Å²) in [5.41, 5.74) is 8.38. The molecule has 0 radical (unpaired) electrons. The topological polar surface area (TPSA) is 55.6 Å². The Morgan fingerprint density at radius 1 is 1.45 bits per heavy atom. The van der Waals surface area contributed by atoms with Crippen LogP contribution in [0.1, 0.15) is 49.4 Å². The van der Waals surface area contributed by atoms with Crippen LogP contribution in [0.5, 0.6) is 0 Å². The molecule has 1 unspecified atom stereocenters. The van der Waals surface area contributed by atoms with Gasteiger partial charge in [0.25, 0.3) is 0 Å². The maximum atomic E-state index is 11.5. The summed E-state index contributed by atoms with van der Waals surface area (Å²) >= 11 is 0. The van der Waals surface area contributed by atoms with Crippen molar-refractivity contribution in [2.45, 2.75) is 45.1 Å². The molecule has 0 saturated carbocycles. The third kappa shape index (κ3) is 3.06. The number of nitrogens with two attached hydrogens (primary N) is 1. The van der Waals surface area contributed by atoms with Gasteiger partial charge in [0.15, 0.2) is 0 Å². The molecule has 110 valence electrons. The van der Waals surface area contributed by atoms with E-state index in [0.717, 1.165) is 12.2 Å². The average Bonchev–Trinajstić information content (AvgIpc) is 2.47. The van der Waals surface area contributed by atoms with E-state index in [4.69, 9.17) is 10.5 Å². The van der Waals surface area contributed by atoms with Crippen molar-refractivity contribution in [2.24, 2.45) is 0 Å². The number of carbonyl (C=O) groups is 1. The highest BCUT2D eigenvalue weighted by atomic mass is 16.5. The molecule has 0 bridgehead atoms. The minimum atomic E-state index is -0.341. The van der Waals surface area contributed by atoms with E-state index in [1.165, 1.54) is 39.2 Å². The Morgan fingerprint density at radius 3 is 2.90 bits per heavy atom. The van der Waals surface area contributed by atoms with Crippen LogP contribution in [0, 0.1) is 0 Å². The summed E-state index contributed by atoms with van der Waals surface area (Å²) in [6.07, 6.45) is 6.10. The summed E-state index contributed by atoms with van der Waals surface area (Å²) in [6, 6.07) is 6.05. The van der Waals surface area contributed by atoms with Crippen LogP contribution in [-0.4, -0.2) is 25.7 Å². The van der Waals surface area contributed by atoms with Gasteiger partial charge in [-0.1, -0.05) is 13.3 Å². The van der Waals surface area contributed by atoms with Crippen LogP contribution in [0.2, 0.25) is 0 Å². The van der Waals surface area contributed by atoms with Crippen molar-refractivity contribution < 1.29 is 9.53 Å². The van der Waals surface area contributed by atoms with Gasteiger partial charge in [-0.15, -0.1) is 0 Å². The number of benzene rings is 1. The first-order valence-electron chi connectivity index (χ1n) is 7.41. The fourth-order valence-corrected chi connectivity index (χ4v) is 3.01. The Labute approximate surface area is 120 Å². The molecule has 1 aromatic carbocycles. The third-order valence-corrected chi connectivity index (χ3v) is 4.01. The second-order valence-corrected chi connectivity index (χ2v) is 5.40. The molecule has 1 aliphatic heterocycles. The molecular formula is C16H24N2O2. The minimum absolute atomic E-state index is 0.341. The molecule has 2 N–H and O–H groups in total. The number of methoxy groups -OCH3 is 1. The van der Waals surface area contributed by atoms with Crippen LogP contribution in [-0.2, 0) is 4.74 Å². The quantitative estimate of drug-likeness (QED) is 0.677. The van der Waals surface area contributed by atoms with Crippen LogP contribution in [0.25, 0.3) is 0 Å². The number of ether oxygens (including phenoxy) is 1. The standard InChI is InChI=1S/C16H24N2O2/c1-3-6-13-7-4-5-10-18(13)15-9-8-12(11-14(15)17)16(19)20-2/h8-9,11,13H,3-7,10,17H2,1-2H3. The van der Waals surface area contributed by atoms with Gasteiger partial charge in [0.1, 0.15) is 0 Å². The Kier molecular flexibility index (Phi) is 4.88. The first kappa shape index (κ1) is 14.7. The predicted molar refractivity (Wildman–Crippen MR) is 82.1 cm³/mol. The van der Waals surface area contributed by atoms with Crippen LogP contribution >= 0.6 is 0 Å². The molecule has 1 aromatic rings. The summed E-state index contributed by atoms with van der Waals surface area (Å²) in [5, 5.41) is 0. The van der Waals surface area contributed by atoms with Gasteiger partial charge in [-0.2, -0.15) is 0 Å². The van der Waals surface area contributed by atoms with Gasteiger partial charge in [-0.05, 0) is 43.9 Å². The number of nitrogens with zero attached hydrogens (tertiary/aromatic N) is 1. The van der Waals surface area contributed by atoms with E-state index in [0.29, 0.717) is 17.3 Å². The minimum Gasteiger partial charge on any atom is -0.465 e. The smallest absolute Gasteiger partial charge is 0.337 e. The number of anilines is 2. The van der Waals surface area contributed by atoms with E-state index in [1.54, 1.807) is 12.1 Å². The highest BCUT2D eigenvalue weighted by Gasteiger charge is 2.23. The van der Waals surface area contributed by atoms with Crippen LogP contribution in [0.15, 0.2) is 18.2 Å². The van der Waals surface area contributed by atoms with E-state index in [-0.39, 0.29) is 5.97 Å². The molecule has 1 atom stereocenters. The number of piperidine rings is 1. The van der Waals surface area contributed by atoms with E-state index in [2.05, 4.69) is 11.8 Å². The number of carbonyl (C=O) groups excluding carboxylic acids is 1. The Morgan fingerprint density at radius 2 is 2.25 bits per heavy atom. The molecule has 1 saturated heterocycles. The lowest BCUT2D eigenvalue weighted by atomic mass is 9.97.